The van der Waals surface area contributed by atoms with E-state index < -0.39 is 11.9 Å². The third kappa shape index (κ3) is 4.39. The number of amides is 1. The fourth-order valence-corrected chi connectivity index (χ4v) is 1.46. The summed E-state index contributed by atoms with van der Waals surface area (Å²) in [5, 5.41) is 3.08. The molecule has 0 unspecified atom stereocenters. The van der Waals surface area contributed by atoms with Crippen molar-refractivity contribution in [3.8, 4) is 0 Å². The van der Waals surface area contributed by atoms with E-state index in [0.29, 0.717) is 10.7 Å². The van der Waals surface area contributed by atoms with Crippen LogP contribution in [0.3, 0.4) is 0 Å². The highest BCUT2D eigenvalue weighted by Gasteiger charge is 2.06. The summed E-state index contributed by atoms with van der Waals surface area (Å²) < 4.78 is 4.63. The largest absolute Gasteiger partial charge is 0.463 e. The minimum absolute atomic E-state index is 0.247. The molecule has 0 aliphatic rings. The van der Waals surface area contributed by atoms with Crippen LogP contribution in [-0.4, -0.2) is 18.5 Å². The Balaban J connectivity index is 2.65. The second kappa shape index (κ2) is 7.03. The van der Waals surface area contributed by atoms with Gasteiger partial charge in [0.25, 0.3) is 0 Å². The molecule has 6 heteroatoms. The van der Waals surface area contributed by atoms with Gasteiger partial charge in [0.05, 0.1) is 22.3 Å². The molecule has 0 fully saturated rings. The van der Waals surface area contributed by atoms with Gasteiger partial charge in [-0.05, 0) is 19.1 Å². The van der Waals surface area contributed by atoms with Crippen LogP contribution in [0.5, 0.6) is 0 Å². The number of carbonyl (C=O) groups excluding carboxylic acids is 2. The maximum Gasteiger partial charge on any atom is 0.330 e. The van der Waals surface area contributed by atoms with Crippen LogP contribution in [0.2, 0.25) is 10.0 Å². The zero-order valence-corrected chi connectivity index (χ0v) is 11.1. The van der Waals surface area contributed by atoms with Gasteiger partial charge in [0.1, 0.15) is 0 Å². The molecule has 0 heterocycles. The highest BCUT2D eigenvalue weighted by Crippen LogP contribution is 2.29. The van der Waals surface area contributed by atoms with Gasteiger partial charge in [0.2, 0.25) is 5.91 Å². The van der Waals surface area contributed by atoms with E-state index in [1.165, 1.54) is 0 Å². The third-order valence-electron chi connectivity index (χ3n) is 1.87. The summed E-state index contributed by atoms with van der Waals surface area (Å²) in [5.41, 5.74) is 0.377. The normalized spacial score (nSPS) is 10.4. The van der Waals surface area contributed by atoms with E-state index in [0.717, 1.165) is 12.2 Å². The van der Waals surface area contributed by atoms with Gasteiger partial charge in [-0.15, -0.1) is 0 Å². The molecule has 18 heavy (non-hydrogen) atoms. The molecule has 4 nitrogen and oxygen atoms in total. The lowest BCUT2D eigenvalue weighted by molar-refractivity contribution is -0.137. The predicted octanol–water partition coefficient (Wildman–Crippen LogP) is 3.05. The molecule has 0 spiro atoms. The van der Waals surface area contributed by atoms with Crippen LogP contribution in [0.4, 0.5) is 5.69 Å². The molecule has 0 radical (unpaired) electrons. The van der Waals surface area contributed by atoms with E-state index in [4.69, 9.17) is 23.2 Å². The lowest BCUT2D eigenvalue weighted by Gasteiger charge is -2.05. The molecule has 1 N–H and O–H groups in total. The summed E-state index contributed by atoms with van der Waals surface area (Å²) in [6.07, 6.45) is 2.10. The van der Waals surface area contributed by atoms with Crippen molar-refractivity contribution in [3.63, 3.8) is 0 Å². The molecule has 0 saturated carbocycles. The topological polar surface area (TPSA) is 55.4 Å². The van der Waals surface area contributed by atoms with Crippen molar-refractivity contribution in [1.29, 1.82) is 0 Å². The van der Waals surface area contributed by atoms with E-state index in [1.54, 1.807) is 25.1 Å². The van der Waals surface area contributed by atoms with Gasteiger partial charge in [0, 0.05) is 12.2 Å². The number of halogens is 2. The Kier molecular flexibility index (Phi) is 5.68. The number of ether oxygens (including phenoxy) is 1. The molecule has 0 atom stereocenters. The van der Waals surface area contributed by atoms with Gasteiger partial charge >= 0.3 is 5.97 Å². The lowest BCUT2D eigenvalue weighted by Crippen LogP contribution is -2.09. The minimum Gasteiger partial charge on any atom is -0.463 e. The molecule has 0 aromatic heterocycles. The smallest absolute Gasteiger partial charge is 0.330 e. The second-order valence-corrected chi connectivity index (χ2v) is 3.96. The van der Waals surface area contributed by atoms with Crippen LogP contribution in [0.1, 0.15) is 6.92 Å². The SMILES string of the molecule is CCOC(=O)C=CC(=O)Nc1cccc(Cl)c1Cl. The fraction of sp³-hybridized carbons (Fsp3) is 0.167. The van der Waals surface area contributed by atoms with Gasteiger partial charge in [-0.2, -0.15) is 0 Å². The molecule has 0 saturated heterocycles. The number of carbonyl (C=O) groups is 2. The van der Waals surface area contributed by atoms with Crippen molar-refractivity contribution in [2.24, 2.45) is 0 Å². The highest BCUT2D eigenvalue weighted by molar-refractivity contribution is 6.44. The summed E-state index contributed by atoms with van der Waals surface area (Å²) in [6, 6.07) is 4.86. The second-order valence-electron chi connectivity index (χ2n) is 3.18. The van der Waals surface area contributed by atoms with Crippen LogP contribution < -0.4 is 5.32 Å². The van der Waals surface area contributed by atoms with Crippen molar-refractivity contribution < 1.29 is 14.3 Å². The zero-order chi connectivity index (χ0) is 13.5. The van der Waals surface area contributed by atoms with Gasteiger partial charge in [-0.25, -0.2) is 4.79 Å². The number of anilines is 1. The van der Waals surface area contributed by atoms with E-state index >= 15 is 0 Å². The molecule has 0 aliphatic carbocycles. The molecule has 1 aromatic rings. The zero-order valence-electron chi connectivity index (χ0n) is 9.57. The van der Waals surface area contributed by atoms with Crippen molar-refractivity contribution in [3.05, 3.63) is 40.4 Å². The Morgan fingerprint density at radius 2 is 2.06 bits per heavy atom. The maximum atomic E-state index is 11.5. The quantitative estimate of drug-likeness (QED) is 0.684. The van der Waals surface area contributed by atoms with Crippen LogP contribution in [0, 0.1) is 0 Å². The minimum atomic E-state index is -0.579. The van der Waals surface area contributed by atoms with E-state index in [9.17, 15) is 9.59 Å². The van der Waals surface area contributed by atoms with Crippen molar-refractivity contribution in [2.45, 2.75) is 6.92 Å². The van der Waals surface area contributed by atoms with Crippen LogP contribution >= 0.6 is 23.2 Å². The summed E-state index contributed by atoms with van der Waals surface area (Å²) in [4.78, 5) is 22.5. The summed E-state index contributed by atoms with van der Waals surface area (Å²) in [7, 11) is 0. The summed E-state index contributed by atoms with van der Waals surface area (Å²) >= 11 is 11.7. The average molecular weight is 288 g/mol. The first kappa shape index (κ1) is 14.5. The van der Waals surface area contributed by atoms with Crippen LogP contribution in [-0.2, 0) is 14.3 Å². The standard InChI is InChI=1S/C12H11Cl2NO3/c1-2-18-11(17)7-6-10(16)15-9-5-3-4-8(13)12(9)14/h3-7H,2H2,1H3,(H,15,16). The predicted molar refractivity (Wildman–Crippen MR) is 70.9 cm³/mol. The fourth-order valence-electron chi connectivity index (χ4n) is 1.11. The Hall–Kier alpha value is -1.52. The van der Waals surface area contributed by atoms with Gasteiger partial charge in [-0.1, -0.05) is 29.3 Å². The first-order valence-electron chi connectivity index (χ1n) is 5.14. The molecule has 0 aliphatic heterocycles. The average Bonchev–Trinajstić information content (AvgIpc) is 2.33. The summed E-state index contributed by atoms with van der Waals surface area (Å²) in [6.45, 7) is 1.93. The van der Waals surface area contributed by atoms with Gasteiger partial charge in [0.15, 0.2) is 0 Å². The van der Waals surface area contributed by atoms with Crippen LogP contribution in [0.15, 0.2) is 30.4 Å². The van der Waals surface area contributed by atoms with E-state index in [2.05, 4.69) is 10.1 Å². The number of hydrogen-bond donors (Lipinski definition) is 1. The first-order valence-corrected chi connectivity index (χ1v) is 5.90. The number of nitrogens with one attached hydrogen (secondary N) is 1. The van der Waals surface area contributed by atoms with E-state index in [-0.39, 0.29) is 11.6 Å². The summed E-state index contributed by atoms with van der Waals surface area (Å²) in [5.74, 6) is -1.07. The number of hydrogen-bond acceptors (Lipinski definition) is 3. The third-order valence-corrected chi connectivity index (χ3v) is 2.69. The van der Waals surface area contributed by atoms with Crippen molar-refractivity contribution in [2.75, 3.05) is 11.9 Å². The van der Waals surface area contributed by atoms with E-state index in [1.807, 2.05) is 0 Å². The molecular formula is C12H11Cl2NO3. The first-order chi connectivity index (χ1) is 8.54. The molecule has 1 rings (SSSR count). The van der Waals surface area contributed by atoms with Gasteiger partial charge < -0.3 is 10.1 Å². The number of rotatable bonds is 4. The lowest BCUT2D eigenvalue weighted by atomic mass is 10.3. The Bertz CT molecular complexity index is 486. The maximum absolute atomic E-state index is 11.5. The number of esters is 1. The molecule has 1 aromatic carbocycles. The monoisotopic (exact) mass is 287 g/mol. The van der Waals surface area contributed by atoms with Gasteiger partial charge in [-0.3, -0.25) is 4.79 Å². The van der Waals surface area contributed by atoms with Crippen LogP contribution in [0.25, 0.3) is 0 Å². The highest BCUT2D eigenvalue weighted by atomic mass is 35.5. The Morgan fingerprint density at radius 1 is 1.33 bits per heavy atom. The number of benzene rings is 1. The van der Waals surface area contributed by atoms with Crippen molar-refractivity contribution in [1.82, 2.24) is 0 Å². The molecule has 1 amide bonds. The Morgan fingerprint density at radius 3 is 2.72 bits per heavy atom. The Labute approximate surface area is 115 Å². The van der Waals surface area contributed by atoms with Crippen molar-refractivity contribution >= 4 is 40.8 Å². The molecule has 96 valence electrons. The molecular weight excluding hydrogens is 277 g/mol. The molecule has 0 bridgehead atoms.